The minimum Gasteiger partial charge on any atom is -0.467 e. The maximum atomic E-state index is 5.90. The first kappa shape index (κ1) is 19.1. The summed E-state index contributed by atoms with van der Waals surface area (Å²) >= 11 is 0. The van der Waals surface area contributed by atoms with Crippen LogP contribution in [-0.4, -0.2) is 14.5 Å². The second-order valence-electron chi connectivity index (χ2n) is 7.77. The second-order valence-corrected chi connectivity index (χ2v) is 7.77. The third-order valence-electron chi connectivity index (χ3n) is 5.57. The van der Waals surface area contributed by atoms with Crippen LogP contribution in [0.2, 0.25) is 0 Å². The number of aromatic nitrogens is 3. The maximum Gasteiger partial charge on any atom is 0.223 e. The van der Waals surface area contributed by atoms with E-state index in [9.17, 15) is 0 Å². The molecule has 0 amide bonds. The number of nitrogens with one attached hydrogen (secondary N) is 1. The summed E-state index contributed by atoms with van der Waals surface area (Å²) < 4.78 is 8.15. The van der Waals surface area contributed by atoms with E-state index in [0.29, 0.717) is 5.95 Å². The predicted octanol–water partition coefficient (Wildman–Crippen LogP) is 6.05. The van der Waals surface area contributed by atoms with Gasteiger partial charge in [-0.2, -0.15) is 0 Å². The Bertz CT molecular complexity index is 1320. The van der Waals surface area contributed by atoms with Crippen LogP contribution in [0.3, 0.4) is 0 Å². The molecule has 0 radical (unpaired) electrons. The van der Waals surface area contributed by atoms with E-state index in [1.807, 2.05) is 38.1 Å². The zero-order valence-electron chi connectivity index (χ0n) is 17.8. The fraction of sp³-hybridized carbons (Fsp3) is 0.154. The number of hydrogen-bond donors (Lipinski definition) is 1. The highest BCUT2D eigenvalue weighted by Gasteiger charge is 2.27. The van der Waals surface area contributed by atoms with Gasteiger partial charge in [-0.05, 0) is 43.7 Å². The number of fused-ring (bicyclic) bond motifs is 1. The molecule has 0 bridgehead atoms. The van der Waals surface area contributed by atoms with Crippen LogP contribution in [0.4, 0.5) is 5.95 Å². The molecule has 0 spiro atoms. The number of anilines is 1. The largest absolute Gasteiger partial charge is 0.467 e. The number of aryl methyl sites for hydroxylation is 3. The average molecular weight is 409 g/mol. The quantitative estimate of drug-likeness (QED) is 0.385. The van der Waals surface area contributed by atoms with E-state index in [4.69, 9.17) is 4.42 Å². The van der Waals surface area contributed by atoms with Crippen molar-refractivity contribution in [3.05, 3.63) is 102 Å². The van der Waals surface area contributed by atoms with Crippen molar-refractivity contribution in [3.8, 4) is 11.3 Å². The second kappa shape index (κ2) is 7.76. The van der Waals surface area contributed by atoms with Crippen molar-refractivity contribution >= 4 is 16.9 Å². The Labute approximate surface area is 181 Å². The third-order valence-corrected chi connectivity index (χ3v) is 5.57. The van der Waals surface area contributed by atoms with Gasteiger partial charge in [-0.1, -0.05) is 48.5 Å². The first-order chi connectivity index (χ1) is 15.1. The van der Waals surface area contributed by atoms with Gasteiger partial charge in [0, 0.05) is 34.9 Å². The van der Waals surface area contributed by atoms with E-state index in [1.165, 1.54) is 5.39 Å². The van der Waals surface area contributed by atoms with Gasteiger partial charge in [-0.15, -0.1) is 0 Å². The Morgan fingerprint density at radius 3 is 2.29 bits per heavy atom. The molecule has 0 aliphatic carbocycles. The molecule has 3 heterocycles. The van der Waals surface area contributed by atoms with Crippen LogP contribution in [0.15, 0.2) is 83.5 Å². The highest BCUT2D eigenvalue weighted by molar-refractivity contribution is 5.93. The minimum absolute atomic E-state index is 0.252. The predicted molar refractivity (Wildman–Crippen MR) is 124 cm³/mol. The third kappa shape index (κ3) is 3.48. The van der Waals surface area contributed by atoms with Crippen LogP contribution in [0, 0.1) is 13.8 Å². The molecule has 5 heteroatoms. The van der Waals surface area contributed by atoms with E-state index in [-0.39, 0.29) is 6.04 Å². The lowest BCUT2D eigenvalue weighted by Crippen LogP contribution is -2.15. The molecule has 1 atom stereocenters. The number of benzene rings is 2. The maximum absolute atomic E-state index is 5.90. The van der Waals surface area contributed by atoms with Crippen molar-refractivity contribution in [2.24, 2.45) is 7.05 Å². The summed E-state index contributed by atoms with van der Waals surface area (Å²) in [5.41, 5.74) is 6.44. The van der Waals surface area contributed by atoms with Crippen molar-refractivity contribution < 1.29 is 4.42 Å². The SMILES string of the molecule is Cc1cc(C)nc(N[C@@H](c2ccco2)c2c(-c3ccccc3)n(C)c3ccccc23)n1. The van der Waals surface area contributed by atoms with Crippen LogP contribution in [0.5, 0.6) is 0 Å². The molecule has 5 aromatic rings. The topological polar surface area (TPSA) is 55.9 Å². The van der Waals surface area contributed by atoms with Gasteiger partial charge in [-0.25, -0.2) is 9.97 Å². The molecule has 0 fully saturated rings. The van der Waals surface area contributed by atoms with Gasteiger partial charge < -0.3 is 14.3 Å². The van der Waals surface area contributed by atoms with Crippen LogP contribution >= 0.6 is 0 Å². The highest BCUT2D eigenvalue weighted by atomic mass is 16.3. The zero-order valence-corrected chi connectivity index (χ0v) is 17.8. The molecule has 0 unspecified atom stereocenters. The van der Waals surface area contributed by atoms with Crippen LogP contribution in [0.1, 0.15) is 28.8 Å². The molecule has 3 aromatic heterocycles. The Hall–Kier alpha value is -3.86. The molecular formula is C26H24N4O. The summed E-state index contributed by atoms with van der Waals surface area (Å²) in [6.45, 7) is 3.96. The highest BCUT2D eigenvalue weighted by Crippen LogP contribution is 2.40. The van der Waals surface area contributed by atoms with Gasteiger partial charge in [0.05, 0.1) is 12.0 Å². The molecule has 0 saturated carbocycles. The monoisotopic (exact) mass is 408 g/mol. The van der Waals surface area contributed by atoms with Crippen LogP contribution in [-0.2, 0) is 7.05 Å². The number of para-hydroxylation sites is 1. The standard InChI is InChI=1S/C26H24N4O/c1-17-16-18(2)28-26(27-17)29-24(22-14-9-15-31-22)23-20-12-7-8-13-21(20)30(3)25(23)19-10-5-4-6-11-19/h4-16,24H,1-3H3,(H,27,28,29)/t24-/m0/s1. The average Bonchev–Trinajstić information content (AvgIpc) is 3.39. The lowest BCUT2D eigenvalue weighted by molar-refractivity contribution is 0.499. The summed E-state index contributed by atoms with van der Waals surface area (Å²) in [6.07, 6.45) is 1.71. The smallest absolute Gasteiger partial charge is 0.223 e. The minimum atomic E-state index is -0.252. The van der Waals surface area contributed by atoms with Gasteiger partial charge in [0.2, 0.25) is 5.95 Å². The molecule has 5 rings (SSSR count). The Balaban J connectivity index is 1.77. The van der Waals surface area contributed by atoms with Gasteiger partial charge in [0.1, 0.15) is 11.8 Å². The van der Waals surface area contributed by atoms with Gasteiger partial charge in [-0.3, -0.25) is 0 Å². The van der Waals surface area contributed by atoms with Crippen molar-refractivity contribution in [3.63, 3.8) is 0 Å². The summed E-state index contributed by atoms with van der Waals surface area (Å²) in [4.78, 5) is 9.26. The van der Waals surface area contributed by atoms with Gasteiger partial charge >= 0.3 is 0 Å². The Kier molecular flexibility index (Phi) is 4.79. The van der Waals surface area contributed by atoms with Crippen LogP contribution < -0.4 is 5.32 Å². The summed E-state index contributed by atoms with van der Waals surface area (Å²) in [6, 6.07) is 24.6. The first-order valence-electron chi connectivity index (χ1n) is 10.4. The van der Waals surface area contributed by atoms with E-state index in [1.54, 1.807) is 6.26 Å². The molecule has 0 aliphatic rings. The van der Waals surface area contributed by atoms with Crippen molar-refractivity contribution in [1.82, 2.24) is 14.5 Å². The molecule has 154 valence electrons. The fourth-order valence-corrected chi connectivity index (χ4v) is 4.32. The number of nitrogens with zero attached hydrogens (tertiary/aromatic N) is 3. The van der Waals surface area contributed by atoms with Crippen molar-refractivity contribution in [1.29, 1.82) is 0 Å². The van der Waals surface area contributed by atoms with E-state index >= 15 is 0 Å². The molecule has 31 heavy (non-hydrogen) atoms. The summed E-state index contributed by atoms with van der Waals surface area (Å²) in [7, 11) is 2.11. The van der Waals surface area contributed by atoms with E-state index in [2.05, 4.69) is 75.4 Å². The van der Waals surface area contributed by atoms with E-state index in [0.717, 1.165) is 39.5 Å². The fourth-order valence-electron chi connectivity index (χ4n) is 4.32. The molecular weight excluding hydrogens is 384 g/mol. The molecule has 0 aliphatic heterocycles. The Morgan fingerprint density at radius 1 is 0.871 bits per heavy atom. The van der Waals surface area contributed by atoms with Crippen LogP contribution in [0.25, 0.3) is 22.2 Å². The van der Waals surface area contributed by atoms with Crippen molar-refractivity contribution in [2.75, 3.05) is 5.32 Å². The number of furan rings is 1. The van der Waals surface area contributed by atoms with Gasteiger partial charge in [0.25, 0.3) is 0 Å². The summed E-state index contributed by atoms with van der Waals surface area (Å²) in [5.74, 6) is 1.40. The first-order valence-corrected chi connectivity index (χ1v) is 10.4. The zero-order chi connectivity index (χ0) is 21.4. The normalized spacial score (nSPS) is 12.2. The molecule has 1 N–H and O–H groups in total. The van der Waals surface area contributed by atoms with Gasteiger partial charge in [0.15, 0.2) is 0 Å². The van der Waals surface area contributed by atoms with E-state index < -0.39 is 0 Å². The molecule has 2 aromatic carbocycles. The number of rotatable bonds is 5. The summed E-state index contributed by atoms with van der Waals surface area (Å²) in [5, 5.41) is 4.73. The molecule has 5 nitrogen and oxygen atoms in total. The number of hydrogen-bond acceptors (Lipinski definition) is 4. The lowest BCUT2D eigenvalue weighted by Gasteiger charge is -2.20. The molecule has 0 saturated heterocycles. The van der Waals surface area contributed by atoms with Crippen molar-refractivity contribution in [2.45, 2.75) is 19.9 Å². The lowest BCUT2D eigenvalue weighted by atomic mass is 9.97. The Morgan fingerprint density at radius 2 is 1.58 bits per heavy atom.